The van der Waals surface area contributed by atoms with Crippen LogP contribution in [0.5, 0.6) is 0 Å². The first-order valence-corrected chi connectivity index (χ1v) is 12.4. The van der Waals surface area contributed by atoms with Crippen molar-refractivity contribution in [3.05, 3.63) is 41.0 Å². The zero-order chi connectivity index (χ0) is 25.6. The number of aryl methyl sites for hydroxylation is 1. The summed E-state index contributed by atoms with van der Waals surface area (Å²) in [7, 11) is -0.104. The van der Waals surface area contributed by atoms with Crippen LogP contribution in [-0.2, 0) is 14.8 Å². The molecule has 1 aliphatic heterocycles. The number of nitrogens with two attached hydrogens (primary N) is 2. The van der Waals surface area contributed by atoms with E-state index in [-0.39, 0.29) is 16.8 Å². The summed E-state index contributed by atoms with van der Waals surface area (Å²) in [4.78, 5) is 16.0. The van der Waals surface area contributed by atoms with Gasteiger partial charge in [-0.3, -0.25) is 0 Å². The molecule has 35 heavy (non-hydrogen) atoms. The Morgan fingerprint density at radius 1 is 0.943 bits per heavy atom. The summed E-state index contributed by atoms with van der Waals surface area (Å²) in [6.45, 7) is 3.43. The Morgan fingerprint density at radius 2 is 1.54 bits per heavy atom. The van der Waals surface area contributed by atoms with Crippen LogP contribution in [0.1, 0.15) is 5.56 Å². The highest BCUT2D eigenvalue weighted by molar-refractivity contribution is 7.89. The van der Waals surface area contributed by atoms with Crippen LogP contribution in [0.15, 0.2) is 35.2 Å². The number of morpholine rings is 1. The van der Waals surface area contributed by atoms with Gasteiger partial charge in [0, 0.05) is 44.9 Å². The van der Waals surface area contributed by atoms with Crippen molar-refractivity contribution >= 4 is 45.2 Å². The Hall–Kier alpha value is -3.26. The first-order valence-electron chi connectivity index (χ1n) is 10.6. The van der Waals surface area contributed by atoms with Gasteiger partial charge in [0.15, 0.2) is 0 Å². The average molecular weight is 522 g/mol. The quantitative estimate of drug-likeness (QED) is 0.360. The topological polar surface area (TPSA) is 174 Å². The first-order chi connectivity index (χ1) is 16.6. The Morgan fingerprint density at radius 3 is 2.14 bits per heavy atom. The van der Waals surface area contributed by atoms with Crippen LogP contribution in [0.25, 0.3) is 11.3 Å². The van der Waals surface area contributed by atoms with Gasteiger partial charge in [-0.25, -0.2) is 18.4 Å². The summed E-state index contributed by atoms with van der Waals surface area (Å²) in [6.07, 6.45) is 0. The Kier molecular flexibility index (Phi) is 8.62. The number of aromatic nitrogens is 4. The van der Waals surface area contributed by atoms with E-state index in [0.29, 0.717) is 54.3 Å². The highest BCUT2D eigenvalue weighted by Crippen LogP contribution is 2.28. The maximum Gasteiger partial charge on any atom is 0.243 e. The molecule has 14 heteroatoms. The first kappa shape index (κ1) is 26.3. The molecule has 3 aromatic rings. The molecule has 0 unspecified atom stereocenters. The highest BCUT2D eigenvalue weighted by Gasteiger charge is 2.27. The molecule has 3 heterocycles. The largest absolute Gasteiger partial charge is 0.379 e. The van der Waals surface area contributed by atoms with E-state index in [2.05, 4.69) is 30.6 Å². The monoisotopic (exact) mass is 521 g/mol. The van der Waals surface area contributed by atoms with Crippen LogP contribution in [0, 0.1) is 6.92 Å². The van der Waals surface area contributed by atoms with Crippen molar-refractivity contribution in [2.75, 3.05) is 62.5 Å². The molecule has 0 radical (unpaired) electrons. The number of nitrogens with zero attached hydrogens (tertiary/aromatic N) is 5. The lowest BCUT2D eigenvalue weighted by molar-refractivity contribution is 0.0730. The zero-order valence-corrected chi connectivity index (χ0v) is 21.2. The van der Waals surface area contributed by atoms with Crippen LogP contribution in [0.2, 0.25) is 5.15 Å². The van der Waals surface area contributed by atoms with Crippen molar-refractivity contribution < 1.29 is 13.2 Å². The second-order valence-corrected chi connectivity index (χ2v) is 9.75. The van der Waals surface area contributed by atoms with Crippen molar-refractivity contribution in [3.8, 4) is 11.3 Å². The summed E-state index contributed by atoms with van der Waals surface area (Å²) < 4.78 is 32.4. The fourth-order valence-corrected chi connectivity index (χ4v) is 4.89. The van der Waals surface area contributed by atoms with Gasteiger partial charge in [-0.1, -0.05) is 17.7 Å². The number of sulfonamides is 1. The SMILES string of the molecule is CNc1cc(-c2cc(S(=O)(=O)N3CCOCC3)ccc2C)nc(N)n1.CNc1cc(Cl)nc(N)n1. The number of nitrogen functional groups attached to an aromatic ring is 2. The minimum Gasteiger partial charge on any atom is -0.379 e. The number of benzene rings is 1. The Bertz CT molecular complexity index is 1260. The second-order valence-electron chi connectivity index (χ2n) is 7.42. The van der Waals surface area contributed by atoms with Crippen molar-refractivity contribution in [1.29, 1.82) is 0 Å². The molecule has 1 aromatic carbocycles. The number of hydrogen-bond acceptors (Lipinski definition) is 11. The number of rotatable bonds is 5. The molecule has 0 saturated carbocycles. The van der Waals surface area contributed by atoms with Gasteiger partial charge in [0.2, 0.25) is 21.9 Å². The Balaban J connectivity index is 0.000000287. The lowest BCUT2D eigenvalue weighted by Crippen LogP contribution is -2.40. The molecule has 0 aliphatic carbocycles. The van der Waals surface area contributed by atoms with Crippen LogP contribution in [0.3, 0.4) is 0 Å². The molecule has 6 N–H and O–H groups in total. The predicted molar refractivity (Wildman–Crippen MR) is 137 cm³/mol. The second kappa shape index (κ2) is 11.4. The van der Waals surface area contributed by atoms with E-state index in [9.17, 15) is 8.42 Å². The number of ether oxygens (including phenoxy) is 1. The van der Waals surface area contributed by atoms with Gasteiger partial charge in [-0.2, -0.15) is 14.3 Å². The predicted octanol–water partition coefficient (Wildman–Crippen LogP) is 1.85. The lowest BCUT2D eigenvalue weighted by atomic mass is 10.1. The van der Waals surface area contributed by atoms with Crippen LogP contribution in [0.4, 0.5) is 23.5 Å². The minimum absolute atomic E-state index is 0.127. The van der Waals surface area contributed by atoms with Gasteiger partial charge in [-0.15, -0.1) is 0 Å². The van der Waals surface area contributed by atoms with E-state index in [1.165, 1.54) is 4.31 Å². The highest BCUT2D eigenvalue weighted by atomic mass is 35.5. The number of anilines is 4. The fourth-order valence-electron chi connectivity index (χ4n) is 3.27. The van der Waals surface area contributed by atoms with Crippen molar-refractivity contribution in [2.45, 2.75) is 11.8 Å². The van der Waals surface area contributed by atoms with Crippen molar-refractivity contribution in [2.24, 2.45) is 0 Å². The standard InChI is InChI=1S/C16H21N5O3S.C5H7ClN4/c1-11-3-4-12(25(22,23)21-5-7-24-8-6-21)9-13(11)14-10-15(18-2)20-16(17)19-14;1-8-4-2-3(6)9-5(7)10-4/h3-4,9-10H,5-8H2,1-2H3,(H3,17,18,19,20);2H,1H3,(H3,7,8,9,10). The molecule has 12 nitrogen and oxygen atoms in total. The maximum absolute atomic E-state index is 12.9. The third-order valence-corrected chi connectivity index (χ3v) is 7.15. The summed E-state index contributed by atoms with van der Waals surface area (Å²) in [6, 6.07) is 8.37. The third kappa shape index (κ3) is 6.66. The van der Waals surface area contributed by atoms with Crippen LogP contribution >= 0.6 is 11.6 Å². The normalized spacial score (nSPS) is 14.1. The van der Waals surface area contributed by atoms with Gasteiger partial charge in [0.25, 0.3) is 0 Å². The molecular formula is C21H28ClN9O3S. The lowest BCUT2D eigenvalue weighted by Gasteiger charge is -2.26. The molecular weight excluding hydrogens is 494 g/mol. The molecule has 0 bridgehead atoms. The van der Waals surface area contributed by atoms with Crippen LogP contribution in [-0.4, -0.2) is 73.1 Å². The molecule has 1 fully saturated rings. The summed E-state index contributed by atoms with van der Waals surface area (Å²) >= 11 is 5.56. The molecule has 0 spiro atoms. The smallest absolute Gasteiger partial charge is 0.243 e. The molecule has 0 amide bonds. The molecule has 4 rings (SSSR count). The fraction of sp³-hybridized carbons (Fsp3) is 0.333. The van der Waals surface area contributed by atoms with Crippen LogP contribution < -0.4 is 22.1 Å². The number of hydrogen-bond donors (Lipinski definition) is 4. The van der Waals surface area contributed by atoms with Gasteiger partial charge in [-0.05, 0) is 24.6 Å². The van der Waals surface area contributed by atoms with E-state index in [4.69, 9.17) is 27.8 Å². The van der Waals surface area contributed by atoms with Gasteiger partial charge >= 0.3 is 0 Å². The van der Waals surface area contributed by atoms with Gasteiger partial charge in [0.1, 0.15) is 16.8 Å². The van der Waals surface area contributed by atoms with Gasteiger partial charge in [0.05, 0.1) is 23.8 Å². The molecule has 1 saturated heterocycles. The third-order valence-electron chi connectivity index (χ3n) is 5.06. The summed E-state index contributed by atoms with van der Waals surface area (Å²) in [5.74, 6) is 1.50. The van der Waals surface area contributed by atoms with E-state index < -0.39 is 10.0 Å². The van der Waals surface area contributed by atoms with E-state index >= 15 is 0 Å². The average Bonchev–Trinajstić information content (AvgIpc) is 2.84. The number of nitrogens with one attached hydrogen (secondary N) is 2. The molecule has 1 aliphatic rings. The summed E-state index contributed by atoms with van der Waals surface area (Å²) in [5.41, 5.74) is 13.2. The minimum atomic E-state index is -3.57. The molecule has 2 aromatic heterocycles. The molecule has 0 atom stereocenters. The van der Waals surface area contributed by atoms with Gasteiger partial charge < -0.3 is 26.8 Å². The van der Waals surface area contributed by atoms with E-state index in [0.717, 1.165) is 5.56 Å². The zero-order valence-electron chi connectivity index (χ0n) is 19.6. The van der Waals surface area contributed by atoms with E-state index in [1.807, 2.05) is 6.92 Å². The summed E-state index contributed by atoms with van der Waals surface area (Å²) in [5, 5.41) is 6.06. The van der Waals surface area contributed by atoms with Crippen molar-refractivity contribution in [1.82, 2.24) is 24.2 Å². The Labute approximate surface area is 209 Å². The maximum atomic E-state index is 12.9. The molecule has 188 valence electrons. The van der Waals surface area contributed by atoms with E-state index in [1.54, 1.807) is 44.4 Å². The number of halogens is 1. The van der Waals surface area contributed by atoms with Crippen molar-refractivity contribution in [3.63, 3.8) is 0 Å².